The summed E-state index contributed by atoms with van der Waals surface area (Å²) in [4.78, 5) is 0. The lowest BCUT2D eigenvalue weighted by Crippen LogP contribution is -2.52. The fourth-order valence-electron chi connectivity index (χ4n) is 3.78. The molecule has 0 radical (unpaired) electrons. The van der Waals surface area contributed by atoms with Crippen LogP contribution in [0.5, 0.6) is 0 Å². The van der Waals surface area contributed by atoms with E-state index >= 15 is 0 Å². The second-order valence-corrected chi connectivity index (χ2v) is 14.5. The van der Waals surface area contributed by atoms with E-state index in [0.29, 0.717) is 0 Å². The van der Waals surface area contributed by atoms with E-state index in [0.717, 1.165) is 22.6 Å². The van der Waals surface area contributed by atoms with Crippen LogP contribution in [0.1, 0.15) is 46.0 Å². The molecule has 0 aromatic rings. The van der Waals surface area contributed by atoms with E-state index in [1.54, 1.807) is 21.3 Å². The van der Waals surface area contributed by atoms with Gasteiger partial charge in [-0.25, -0.2) is 16.8 Å². The predicted octanol–water partition coefficient (Wildman–Crippen LogP) is 4.11. The summed E-state index contributed by atoms with van der Waals surface area (Å²) in [5, 5.41) is 0. The van der Waals surface area contributed by atoms with Gasteiger partial charge in [-0.1, -0.05) is 6.92 Å². The largest absolute Gasteiger partial charge is 0.500 e. The number of alkyl halides is 6. The van der Waals surface area contributed by atoms with Crippen molar-refractivity contribution in [1.29, 1.82) is 0 Å². The molecule has 35 heavy (non-hydrogen) atoms. The van der Waals surface area contributed by atoms with Crippen LogP contribution in [-0.4, -0.2) is 88.1 Å². The van der Waals surface area contributed by atoms with Gasteiger partial charge in [0.25, 0.3) is 0 Å². The highest BCUT2D eigenvalue weighted by Gasteiger charge is 2.47. The fourth-order valence-corrected chi connectivity index (χ4v) is 7.28. The van der Waals surface area contributed by atoms with E-state index in [9.17, 15) is 43.2 Å². The second kappa shape index (κ2) is 13.3. The van der Waals surface area contributed by atoms with Crippen molar-refractivity contribution in [3.8, 4) is 0 Å². The van der Waals surface area contributed by atoms with Crippen molar-refractivity contribution in [2.24, 2.45) is 0 Å². The quantitative estimate of drug-likeness (QED) is 0.147. The molecule has 1 rings (SSSR count). The first kappa shape index (κ1) is 34.5. The van der Waals surface area contributed by atoms with Crippen LogP contribution in [-0.2, 0) is 33.3 Å². The highest BCUT2D eigenvalue weighted by Crippen LogP contribution is 2.36. The molecule has 18 heteroatoms. The molecule has 1 heterocycles. The van der Waals surface area contributed by atoms with Crippen molar-refractivity contribution in [2.75, 3.05) is 41.0 Å². The van der Waals surface area contributed by atoms with Gasteiger partial charge in [-0.2, -0.15) is 26.3 Å². The highest BCUT2D eigenvalue weighted by atomic mass is 32.3. The first-order valence-corrected chi connectivity index (χ1v) is 15.5. The molecule has 1 aliphatic rings. The van der Waals surface area contributed by atoms with Gasteiger partial charge in [0, 0.05) is 40.2 Å². The molecular weight excluding hydrogens is 550 g/mol. The lowest BCUT2D eigenvalue weighted by molar-refractivity contribution is -0.939. The average molecular weight is 585 g/mol. The Labute approximate surface area is 204 Å². The van der Waals surface area contributed by atoms with Crippen LogP contribution in [0.3, 0.4) is 0 Å². The minimum atomic E-state index is -6.72. The van der Waals surface area contributed by atoms with E-state index in [4.69, 9.17) is 13.3 Å². The molecule has 1 aliphatic heterocycles. The van der Waals surface area contributed by atoms with Crippen LogP contribution in [0.15, 0.2) is 0 Å². The summed E-state index contributed by atoms with van der Waals surface area (Å²) in [6.45, 7) is 8.79. The highest BCUT2D eigenvalue weighted by molar-refractivity contribution is 8.13. The van der Waals surface area contributed by atoms with Crippen molar-refractivity contribution in [3.05, 3.63) is 4.13 Å². The molecular formula is C17H34F6N2O7S2Si. The monoisotopic (exact) mass is 584 g/mol. The van der Waals surface area contributed by atoms with E-state index in [1.807, 2.05) is 0 Å². The standard InChI is InChI=1S/C15H34NO3Si.C2F6NO4S2/c1-6-15(2)16(11-7-8-12-16)13-9-10-14-20(17-3,18-4)19-5;3-1(4,5)14(10,11)9-15(12,13)2(6,7)8/h15H,6-14H2,1-5H3;/q+1;-1. The van der Waals surface area contributed by atoms with Crippen molar-refractivity contribution in [3.63, 3.8) is 0 Å². The maximum absolute atomic E-state index is 11.4. The number of rotatable bonds is 12. The molecule has 1 saturated heterocycles. The topological polar surface area (TPSA) is 110 Å². The minimum Gasteiger partial charge on any atom is -0.421 e. The summed E-state index contributed by atoms with van der Waals surface area (Å²) in [5.74, 6) is 0. The Kier molecular flexibility index (Phi) is 13.1. The summed E-state index contributed by atoms with van der Waals surface area (Å²) in [7, 11) is -10.7. The van der Waals surface area contributed by atoms with Crippen LogP contribution in [0.25, 0.3) is 4.13 Å². The van der Waals surface area contributed by atoms with Gasteiger partial charge in [0.1, 0.15) is 0 Å². The maximum atomic E-state index is 11.4. The van der Waals surface area contributed by atoms with Crippen molar-refractivity contribution in [1.82, 2.24) is 0 Å². The van der Waals surface area contributed by atoms with Crippen molar-refractivity contribution in [2.45, 2.75) is 69.1 Å². The molecule has 1 fully saturated rings. The zero-order valence-electron chi connectivity index (χ0n) is 20.3. The third-order valence-electron chi connectivity index (χ3n) is 6.03. The van der Waals surface area contributed by atoms with Crippen molar-refractivity contribution < 1.29 is 60.9 Å². The zero-order valence-corrected chi connectivity index (χ0v) is 22.9. The van der Waals surface area contributed by atoms with E-state index in [2.05, 4.69) is 13.8 Å². The van der Waals surface area contributed by atoms with Gasteiger partial charge in [-0.15, -0.1) is 0 Å². The molecule has 0 aromatic heterocycles. The molecule has 212 valence electrons. The van der Waals surface area contributed by atoms with Gasteiger partial charge in [0.2, 0.25) is 0 Å². The minimum absolute atomic E-state index is 0.778. The number of sulfonamides is 2. The molecule has 0 bridgehead atoms. The Balaban J connectivity index is 0.000000691. The van der Waals surface area contributed by atoms with Gasteiger partial charge in [0.15, 0.2) is 20.0 Å². The Bertz CT molecular complexity index is 794. The van der Waals surface area contributed by atoms with Crippen LogP contribution in [0.2, 0.25) is 6.04 Å². The summed E-state index contributed by atoms with van der Waals surface area (Å²) in [5.41, 5.74) is -12.4. The Morgan fingerprint density at radius 1 is 0.857 bits per heavy atom. The SMILES string of the molecule is CCC(C)[N+]1(CCCC[Si](OC)(OC)OC)CCCC1.O=S(=O)([N-]S(=O)(=O)C(F)(F)F)C(F)(F)F. The van der Waals surface area contributed by atoms with E-state index < -0.39 is 39.9 Å². The predicted molar refractivity (Wildman–Crippen MR) is 118 cm³/mol. The van der Waals surface area contributed by atoms with Crippen LogP contribution in [0, 0.1) is 0 Å². The third-order valence-corrected chi connectivity index (χ3v) is 11.6. The Morgan fingerprint density at radius 2 is 1.26 bits per heavy atom. The molecule has 0 amide bonds. The second-order valence-electron chi connectivity index (χ2n) is 8.02. The molecule has 0 N–H and O–H groups in total. The normalized spacial score (nSPS) is 18.1. The zero-order chi connectivity index (χ0) is 27.8. The van der Waals surface area contributed by atoms with Crippen LogP contribution >= 0.6 is 0 Å². The lowest BCUT2D eigenvalue weighted by atomic mass is 10.1. The van der Waals surface area contributed by atoms with E-state index in [1.165, 1.54) is 49.8 Å². The van der Waals surface area contributed by atoms with E-state index in [-0.39, 0.29) is 0 Å². The first-order valence-electron chi connectivity index (χ1n) is 10.7. The lowest BCUT2D eigenvalue weighted by Gasteiger charge is -2.40. The molecule has 0 saturated carbocycles. The summed E-state index contributed by atoms with van der Waals surface area (Å²) in [6, 6.07) is 1.73. The molecule has 0 aliphatic carbocycles. The Morgan fingerprint density at radius 3 is 1.57 bits per heavy atom. The van der Waals surface area contributed by atoms with Gasteiger partial charge < -0.3 is 21.9 Å². The molecule has 0 spiro atoms. The maximum Gasteiger partial charge on any atom is 0.500 e. The summed E-state index contributed by atoms with van der Waals surface area (Å²) in [6.07, 6.45) is 6.47. The number of halogens is 6. The number of likely N-dealkylation sites (tertiary alicyclic amines) is 1. The molecule has 0 aromatic carbocycles. The van der Waals surface area contributed by atoms with Gasteiger partial charge in [-0.3, -0.25) is 0 Å². The van der Waals surface area contributed by atoms with Gasteiger partial charge >= 0.3 is 19.8 Å². The fraction of sp³-hybridized carbons (Fsp3) is 1.00. The van der Waals surface area contributed by atoms with Gasteiger partial charge in [0.05, 0.1) is 25.7 Å². The first-order chi connectivity index (χ1) is 15.8. The summed E-state index contributed by atoms with van der Waals surface area (Å²) >= 11 is 0. The van der Waals surface area contributed by atoms with Gasteiger partial charge in [-0.05, 0) is 26.2 Å². The number of hydrogen-bond donors (Lipinski definition) is 0. The smallest absolute Gasteiger partial charge is 0.421 e. The third kappa shape index (κ3) is 9.71. The molecule has 1 unspecified atom stereocenters. The summed E-state index contributed by atoms with van der Waals surface area (Å²) < 4.78 is 127. The number of quaternary nitrogens is 1. The average Bonchev–Trinajstić information content (AvgIpc) is 3.22. The number of hydrogen-bond acceptors (Lipinski definition) is 7. The van der Waals surface area contributed by atoms with Crippen molar-refractivity contribution >= 4 is 28.9 Å². The number of nitrogens with zero attached hydrogens (tertiary/aromatic N) is 2. The number of unbranched alkanes of at least 4 members (excludes halogenated alkanes) is 1. The van der Waals surface area contributed by atoms with Crippen LogP contribution < -0.4 is 0 Å². The van der Waals surface area contributed by atoms with Crippen LogP contribution in [0.4, 0.5) is 26.3 Å². The molecule has 1 atom stereocenters. The Hall–Kier alpha value is -0.503. The molecule has 9 nitrogen and oxygen atoms in total.